The molecule has 1 saturated heterocycles. The summed E-state index contributed by atoms with van der Waals surface area (Å²) in [4.78, 5) is 13.6. The Bertz CT molecular complexity index is 1270. The zero-order valence-electron chi connectivity index (χ0n) is 20.6. The van der Waals surface area contributed by atoms with Crippen LogP contribution in [0.1, 0.15) is 52.9 Å². The smallest absolute Gasteiger partial charge is 0.181 e. The van der Waals surface area contributed by atoms with Crippen LogP contribution in [0.5, 0.6) is 28.7 Å². The molecule has 0 spiro atoms. The normalized spacial score (nSPS) is 30.8. The van der Waals surface area contributed by atoms with E-state index in [1.165, 1.54) is 6.07 Å². The highest BCUT2D eigenvalue weighted by atomic mass is 16.5. The number of aliphatic hydroxyl groups is 5. The Morgan fingerprint density at radius 2 is 1.68 bits per heavy atom. The molecule has 3 aliphatic rings. The molecule has 0 radical (unpaired) electrons. The van der Waals surface area contributed by atoms with Gasteiger partial charge >= 0.3 is 0 Å². The number of phenols is 3. The van der Waals surface area contributed by atoms with Crippen molar-refractivity contribution in [3.8, 4) is 28.7 Å². The first-order chi connectivity index (χ1) is 17.8. The van der Waals surface area contributed by atoms with Gasteiger partial charge in [0.15, 0.2) is 5.78 Å². The lowest BCUT2D eigenvalue weighted by molar-refractivity contribution is -0.232. The van der Waals surface area contributed by atoms with Gasteiger partial charge in [0.25, 0.3) is 0 Å². The predicted octanol–water partition coefficient (Wildman–Crippen LogP) is -0.248. The lowest BCUT2D eigenvalue weighted by atomic mass is 9.83. The molecule has 206 valence electrons. The van der Waals surface area contributed by atoms with Gasteiger partial charge in [-0.05, 0) is 25.5 Å². The standard InChI is InChI=1S/C26H30O12/c1-26(2,35)17-4-9-3-10(12(28)6-15(9)37-17)11-8-36-24-18(20(11)31)13(29)5-14(30)19(24)25-23(34)22(33)21(32)16(7-27)38-25/h3,5-6,11,16-17,21-23,25,27-30,32-35H,4,7-8H2,1-2H3/t11?,16?,17?,21-,22+,23?,25+/m1/s1. The summed E-state index contributed by atoms with van der Waals surface area (Å²) in [5.74, 6) is -3.11. The average Bonchev–Trinajstić information content (AvgIpc) is 3.27. The van der Waals surface area contributed by atoms with E-state index in [9.17, 15) is 45.6 Å². The molecule has 3 heterocycles. The zero-order chi connectivity index (χ0) is 27.7. The number of aromatic hydroxyl groups is 3. The summed E-state index contributed by atoms with van der Waals surface area (Å²) < 4.78 is 17.1. The van der Waals surface area contributed by atoms with E-state index in [0.717, 1.165) is 6.07 Å². The molecule has 0 bridgehead atoms. The number of ether oxygens (including phenoxy) is 3. The summed E-state index contributed by atoms with van der Waals surface area (Å²) >= 11 is 0. The summed E-state index contributed by atoms with van der Waals surface area (Å²) in [5.41, 5.74) is -0.856. The Labute approximate surface area is 216 Å². The molecule has 2 aromatic rings. The lowest BCUT2D eigenvalue weighted by Crippen LogP contribution is -2.55. The van der Waals surface area contributed by atoms with Gasteiger partial charge in [0.05, 0.1) is 23.7 Å². The van der Waals surface area contributed by atoms with Gasteiger partial charge in [-0.1, -0.05) is 0 Å². The van der Waals surface area contributed by atoms with Crippen molar-refractivity contribution in [2.45, 2.75) is 68.4 Å². The van der Waals surface area contributed by atoms with Crippen LogP contribution < -0.4 is 9.47 Å². The molecule has 12 nitrogen and oxygen atoms in total. The van der Waals surface area contributed by atoms with Gasteiger partial charge in [-0.2, -0.15) is 0 Å². The molecule has 38 heavy (non-hydrogen) atoms. The second-order valence-electron chi connectivity index (χ2n) is 10.5. The number of aliphatic hydroxyl groups excluding tert-OH is 4. The molecule has 8 N–H and O–H groups in total. The van der Waals surface area contributed by atoms with E-state index in [1.54, 1.807) is 19.9 Å². The Hall–Kier alpha value is -3.13. The molecular weight excluding hydrogens is 504 g/mol. The highest BCUT2D eigenvalue weighted by Gasteiger charge is 2.48. The number of benzene rings is 2. The van der Waals surface area contributed by atoms with Crippen molar-refractivity contribution in [3.63, 3.8) is 0 Å². The molecule has 7 atom stereocenters. The van der Waals surface area contributed by atoms with Gasteiger partial charge in [0.2, 0.25) is 0 Å². The highest BCUT2D eigenvalue weighted by Crippen LogP contribution is 2.50. The Kier molecular flexibility index (Phi) is 6.45. The quantitative estimate of drug-likeness (QED) is 0.256. The average molecular weight is 535 g/mol. The number of carbonyl (C=O) groups excluding carboxylic acids is 1. The predicted molar refractivity (Wildman–Crippen MR) is 128 cm³/mol. The number of rotatable bonds is 4. The summed E-state index contributed by atoms with van der Waals surface area (Å²) in [6, 6.07) is 3.81. The third-order valence-electron chi connectivity index (χ3n) is 7.46. The third-order valence-corrected chi connectivity index (χ3v) is 7.46. The Morgan fingerprint density at radius 1 is 0.974 bits per heavy atom. The second-order valence-corrected chi connectivity index (χ2v) is 10.5. The number of hydrogen-bond acceptors (Lipinski definition) is 12. The van der Waals surface area contributed by atoms with Crippen molar-refractivity contribution in [1.82, 2.24) is 0 Å². The van der Waals surface area contributed by atoms with Crippen LogP contribution in [-0.2, 0) is 11.2 Å². The molecular formula is C26H30O12. The molecule has 2 aromatic carbocycles. The lowest BCUT2D eigenvalue weighted by Gasteiger charge is -2.41. The van der Waals surface area contributed by atoms with Crippen LogP contribution in [0.3, 0.4) is 0 Å². The fourth-order valence-electron chi connectivity index (χ4n) is 5.27. The number of phenolic OH excluding ortho intramolecular Hbond substituents is 3. The summed E-state index contributed by atoms with van der Waals surface area (Å²) in [7, 11) is 0. The van der Waals surface area contributed by atoms with E-state index >= 15 is 0 Å². The number of ketones is 1. The van der Waals surface area contributed by atoms with Crippen LogP contribution in [0.15, 0.2) is 18.2 Å². The van der Waals surface area contributed by atoms with E-state index < -0.39 is 72.0 Å². The minimum atomic E-state index is -1.77. The van der Waals surface area contributed by atoms with Gasteiger partial charge in [-0.15, -0.1) is 0 Å². The molecule has 1 fully saturated rings. The minimum Gasteiger partial charge on any atom is -0.508 e. The first-order valence-corrected chi connectivity index (χ1v) is 12.1. The topological polar surface area (TPSA) is 207 Å². The number of hydrogen-bond donors (Lipinski definition) is 8. The van der Waals surface area contributed by atoms with E-state index in [4.69, 9.17) is 14.2 Å². The number of Topliss-reactive ketones (excluding diaryl/α,β-unsaturated/α-hetero) is 1. The van der Waals surface area contributed by atoms with Crippen LogP contribution in [-0.4, -0.2) is 96.0 Å². The molecule has 0 saturated carbocycles. The van der Waals surface area contributed by atoms with Gasteiger partial charge in [0, 0.05) is 24.1 Å². The minimum absolute atomic E-state index is 0.210. The Balaban J connectivity index is 1.52. The maximum Gasteiger partial charge on any atom is 0.181 e. The summed E-state index contributed by atoms with van der Waals surface area (Å²) in [6.45, 7) is 2.18. The third kappa shape index (κ3) is 4.13. The molecule has 0 aromatic heterocycles. The summed E-state index contributed by atoms with van der Waals surface area (Å²) in [5, 5.41) is 82.7. The number of fused-ring (bicyclic) bond motifs is 2. The first-order valence-electron chi connectivity index (χ1n) is 12.1. The van der Waals surface area contributed by atoms with Crippen molar-refractivity contribution in [2.75, 3.05) is 13.2 Å². The first kappa shape index (κ1) is 26.5. The van der Waals surface area contributed by atoms with Crippen molar-refractivity contribution in [2.24, 2.45) is 0 Å². The van der Waals surface area contributed by atoms with Crippen LogP contribution in [0.4, 0.5) is 0 Å². The van der Waals surface area contributed by atoms with Crippen molar-refractivity contribution < 1.29 is 59.9 Å². The van der Waals surface area contributed by atoms with E-state index in [2.05, 4.69) is 0 Å². The van der Waals surface area contributed by atoms with Gasteiger partial charge in [-0.3, -0.25) is 4.79 Å². The van der Waals surface area contributed by atoms with Gasteiger partial charge in [-0.25, -0.2) is 0 Å². The number of carbonyl (C=O) groups is 1. The zero-order valence-corrected chi connectivity index (χ0v) is 20.6. The second kappa shape index (κ2) is 9.26. The monoisotopic (exact) mass is 534 g/mol. The summed E-state index contributed by atoms with van der Waals surface area (Å²) in [6.07, 6.45) is -8.19. The van der Waals surface area contributed by atoms with Crippen LogP contribution in [0.2, 0.25) is 0 Å². The van der Waals surface area contributed by atoms with Crippen molar-refractivity contribution in [3.05, 3.63) is 40.5 Å². The molecule has 4 unspecified atom stereocenters. The largest absolute Gasteiger partial charge is 0.508 e. The van der Waals surface area contributed by atoms with Crippen molar-refractivity contribution >= 4 is 5.78 Å². The van der Waals surface area contributed by atoms with Gasteiger partial charge in [0.1, 0.15) is 77.5 Å². The van der Waals surface area contributed by atoms with Crippen LogP contribution in [0, 0.1) is 0 Å². The Morgan fingerprint density at radius 3 is 2.34 bits per heavy atom. The molecule has 3 aliphatic heterocycles. The SMILES string of the molecule is CC(C)(O)C1Cc2cc(C3COc4c(c(O)cc(O)c4[C@@H]4OC(CO)[C@@H](O)[C@H](O)C4O)C3=O)c(O)cc2O1. The molecule has 12 heteroatoms. The van der Waals surface area contributed by atoms with E-state index in [-0.39, 0.29) is 34.8 Å². The van der Waals surface area contributed by atoms with Crippen molar-refractivity contribution in [1.29, 1.82) is 0 Å². The maximum absolute atomic E-state index is 13.6. The highest BCUT2D eigenvalue weighted by molar-refractivity contribution is 6.07. The molecule has 0 aliphatic carbocycles. The fraction of sp³-hybridized carbons (Fsp3) is 0.500. The molecule has 0 amide bonds. The maximum atomic E-state index is 13.6. The van der Waals surface area contributed by atoms with Gasteiger partial charge < -0.3 is 55.1 Å². The van der Waals surface area contributed by atoms with Crippen LogP contribution >= 0.6 is 0 Å². The van der Waals surface area contributed by atoms with E-state index in [1.807, 2.05) is 0 Å². The van der Waals surface area contributed by atoms with Crippen LogP contribution in [0.25, 0.3) is 0 Å². The molecule has 5 rings (SSSR count). The van der Waals surface area contributed by atoms with E-state index in [0.29, 0.717) is 17.7 Å². The fourth-order valence-corrected chi connectivity index (χ4v) is 5.27.